The number of ether oxygens (including phenoxy) is 2. The van der Waals surface area contributed by atoms with Crippen LogP contribution in [0, 0.1) is 12.3 Å². The van der Waals surface area contributed by atoms with Gasteiger partial charge in [-0.25, -0.2) is 0 Å². The molecule has 0 saturated heterocycles. The molecule has 0 aliphatic rings. The zero-order chi connectivity index (χ0) is 17.3. The van der Waals surface area contributed by atoms with Gasteiger partial charge >= 0.3 is 29.6 Å². The van der Waals surface area contributed by atoms with Crippen LogP contribution in [0.25, 0.3) is 0 Å². The first-order valence-electron chi connectivity index (χ1n) is 9.21. The van der Waals surface area contributed by atoms with E-state index in [1.165, 1.54) is 44.9 Å². The Kier molecular flexibility index (Phi) is 20.8. The second-order valence-electron chi connectivity index (χ2n) is 6.45. The first kappa shape index (κ1) is 26.0. The number of unbranched alkanes of at least 4 members (excludes halogenated alkanes) is 7. The molecule has 4 nitrogen and oxygen atoms in total. The van der Waals surface area contributed by atoms with Crippen LogP contribution in [0.2, 0.25) is 0 Å². The molecule has 0 aliphatic heterocycles. The number of esters is 2. The van der Waals surface area contributed by atoms with E-state index in [0.717, 1.165) is 19.3 Å². The summed E-state index contributed by atoms with van der Waals surface area (Å²) in [7, 11) is 0. The van der Waals surface area contributed by atoms with Crippen molar-refractivity contribution in [1.29, 1.82) is 0 Å². The molecule has 0 saturated carbocycles. The SMILES string of the molecule is CCCCCCCCCCOC(=O)C[CH-]C(=O)OCCC(C)C.[Na+]. The number of hydrogen-bond donors (Lipinski definition) is 0. The second-order valence-corrected chi connectivity index (χ2v) is 6.45. The molecule has 0 heterocycles. The molecule has 0 atom stereocenters. The third-order valence-corrected chi connectivity index (χ3v) is 3.64. The van der Waals surface area contributed by atoms with E-state index in [1.807, 2.05) is 0 Å². The van der Waals surface area contributed by atoms with Crippen LogP contribution in [0.1, 0.15) is 85.0 Å². The molecule has 0 fully saturated rings. The maximum absolute atomic E-state index is 11.5. The molecule has 0 rings (SSSR count). The predicted molar refractivity (Wildman–Crippen MR) is 92.9 cm³/mol. The van der Waals surface area contributed by atoms with Crippen molar-refractivity contribution in [2.45, 2.75) is 85.0 Å². The van der Waals surface area contributed by atoms with Crippen molar-refractivity contribution < 1.29 is 48.6 Å². The molecule has 0 amide bonds. The van der Waals surface area contributed by atoms with E-state index < -0.39 is 5.97 Å². The molecule has 0 aromatic heterocycles. The largest absolute Gasteiger partial charge is 1.00 e. The summed E-state index contributed by atoms with van der Waals surface area (Å²) in [6.07, 6.45) is 11.8. The van der Waals surface area contributed by atoms with Crippen LogP contribution < -0.4 is 29.6 Å². The van der Waals surface area contributed by atoms with Crippen molar-refractivity contribution >= 4 is 11.9 Å². The van der Waals surface area contributed by atoms with Crippen molar-refractivity contribution in [3.05, 3.63) is 6.42 Å². The quantitative estimate of drug-likeness (QED) is 0.196. The minimum Gasteiger partial charge on any atom is -0.488 e. The summed E-state index contributed by atoms with van der Waals surface area (Å²) in [5.74, 6) is -0.289. The fraction of sp³-hybridized carbons (Fsp3) is 0.842. The average Bonchev–Trinajstić information content (AvgIpc) is 2.51. The Morgan fingerprint density at radius 2 is 1.46 bits per heavy atom. The summed E-state index contributed by atoms with van der Waals surface area (Å²) in [6, 6.07) is 0. The molecule has 24 heavy (non-hydrogen) atoms. The van der Waals surface area contributed by atoms with E-state index in [0.29, 0.717) is 19.1 Å². The van der Waals surface area contributed by atoms with Crippen LogP contribution in [0.4, 0.5) is 0 Å². The summed E-state index contributed by atoms with van der Waals surface area (Å²) >= 11 is 0. The van der Waals surface area contributed by atoms with Crippen molar-refractivity contribution in [2.24, 2.45) is 5.92 Å². The van der Waals surface area contributed by atoms with Gasteiger partial charge in [0.05, 0.1) is 13.2 Å². The predicted octanol–water partition coefficient (Wildman–Crippen LogP) is 1.86. The molecule has 0 N–H and O–H groups in total. The van der Waals surface area contributed by atoms with E-state index in [1.54, 1.807) is 0 Å². The van der Waals surface area contributed by atoms with Crippen LogP contribution >= 0.6 is 0 Å². The van der Waals surface area contributed by atoms with Gasteiger partial charge in [-0.05, 0) is 18.8 Å². The Balaban J connectivity index is 0. The molecule has 5 heteroatoms. The Morgan fingerprint density at radius 3 is 2.04 bits per heavy atom. The van der Waals surface area contributed by atoms with Gasteiger partial charge in [-0.2, -0.15) is 0 Å². The average molecular weight is 350 g/mol. The Labute approximate surface area is 170 Å². The summed E-state index contributed by atoms with van der Waals surface area (Å²) in [4.78, 5) is 22.8. The van der Waals surface area contributed by atoms with Gasteiger partial charge in [0, 0.05) is 0 Å². The van der Waals surface area contributed by atoms with E-state index in [2.05, 4.69) is 20.8 Å². The fourth-order valence-corrected chi connectivity index (χ4v) is 2.10. The maximum Gasteiger partial charge on any atom is 1.00 e. The smallest absolute Gasteiger partial charge is 0.488 e. The first-order chi connectivity index (χ1) is 11.1. The Hall–Kier alpha value is -0.190. The Bertz CT molecular complexity index is 306. The van der Waals surface area contributed by atoms with Crippen molar-refractivity contribution in [1.82, 2.24) is 0 Å². The van der Waals surface area contributed by atoms with E-state index >= 15 is 0 Å². The molecule has 0 unspecified atom stereocenters. The number of rotatable bonds is 15. The Morgan fingerprint density at radius 1 is 0.875 bits per heavy atom. The molecular formula is C19H35NaO4. The van der Waals surface area contributed by atoms with Gasteiger partial charge < -0.3 is 9.47 Å². The van der Waals surface area contributed by atoms with Crippen molar-refractivity contribution in [3.63, 3.8) is 0 Å². The number of carbonyl (C=O) groups excluding carboxylic acids is 2. The van der Waals surface area contributed by atoms with Crippen molar-refractivity contribution in [2.75, 3.05) is 13.2 Å². The molecular weight excluding hydrogens is 315 g/mol. The monoisotopic (exact) mass is 350 g/mol. The molecule has 0 aromatic carbocycles. The second kappa shape index (κ2) is 19.1. The third kappa shape index (κ3) is 19.9. The van der Waals surface area contributed by atoms with Crippen LogP contribution in [0.5, 0.6) is 0 Å². The summed E-state index contributed by atoms with van der Waals surface area (Å²) in [5, 5.41) is 0. The van der Waals surface area contributed by atoms with Crippen LogP contribution in [-0.2, 0) is 19.1 Å². The van der Waals surface area contributed by atoms with Gasteiger partial charge in [-0.1, -0.05) is 72.1 Å². The molecule has 0 radical (unpaired) electrons. The third-order valence-electron chi connectivity index (χ3n) is 3.64. The van der Waals surface area contributed by atoms with Gasteiger partial charge in [-0.3, -0.25) is 16.0 Å². The molecule has 0 aromatic rings. The minimum absolute atomic E-state index is 0. The first-order valence-corrected chi connectivity index (χ1v) is 9.21. The zero-order valence-electron chi connectivity index (χ0n) is 16.3. The molecule has 0 spiro atoms. The van der Waals surface area contributed by atoms with Gasteiger partial charge in [0.15, 0.2) is 5.97 Å². The molecule has 0 bridgehead atoms. The van der Waals surface area contributed by atoms with Crippen LogP contribution in [0.3, 0.4) is 0 Å². The van der Waals surface area contributed by atoms with Gasteiger partial charge in [-0.15, -0.1) is 0 Å². The zero-order valence-corrected chi connectivity index (χ0v) is 18.3. The summed E-state index contributed by atoms with van der Waals surface area (Å²) < 4.78 is 10.1. The number of carbonyl (C=O) groups is 2. The van der Waals surface area contributed by atoms with Gasteiger partial charge in [0.1, 0.15) is 0 Å². The van der Waals surface area contributed by atoms with E-state index in [-0.39, 0.29) is 41.9 Å². The summed E-state index contributed by atoms with van der Waals surface area (Å²) in [6.45, 7) is 7.21. The van der Waals surface area contributed by atoms with Crippen molar-refractivity contribution in [3.8, 4) is 0 Å². The standard InChI is InChI=1S/C19H35O4.Na/c1-4-5-6-7-8-9-10-11-15-22-18(20)12-13-19(21)23-16-14-17(2)3;/h13,17H,4-12,14-16H2,1-3H3;/q-1;+1. The molecule has 136 valence electrons. The minimum atomic E-state index is -0.435. The van der Waals surface area contributed by atoms with E-state index in [4.69, 9.17) is 9.47 Å². The van der Waals surface area contributed by atoms with Gasteiger partial charge in [0.2, 0.25) is 0 Å². The maximum atomic E-state index is 11.5. The molecule has 0 aliphatic carbocycles. The number of hydrogen-bond acceptors (Lipinski definition) is 4. The van der Waals surface area contributed by atoms with Crippen LogP contribution in [0.15, 0.2) is 0 Å². The van der Waals surface area contributed by atoms with Crippen LogP contribution in [-0.4, -0.2) is 25.2 Å². The topological polar surface area (TPSA) is 52.6 Å². The normalized spacial score (nSPS) is 10.2. The van der Waals surface area contributed by atoms with E-state index in [9.17, 15) is 9.59 Å². The fourth-order valence-electron chi connectivity index (χ4n) is 2.10. The van der Waals surface area contributed by atoms with Gasteiger partial charge in [0.25, 0.3) is 5.97 Å². The summed E-state index contributed by atoms with van der Waals surface area (Å²) in [5.41, 5.74) is 0.